The molecule has 0 unspecified atom stereocenters. The summed E-state index contributed by atoms with van der Waals surface area (Å²) < 4.78 is 0. The van der Waals surface area contributed by atoms with Gasteiger partial charge in [-0.25, -0.2) is 0 Å². The van der Waals surface area contributed by atoms with Gasteiger partial charge in [0.05, 0.1) is 5.92 Å². The first-order valence-electron chi connectivity index (χ1n) is 8.58. The lowest BCUT2D eigenvalue weighted by Gasteiger charge is -2.16. The van der Waals surface area contributed by atoms with Gasteiger partial charge in [-0.15, -0.1) is 0 Å². The third kappa shape index (κ3) is 4.13. The molecule has 5 nitrogen and oxygen atoms in total. The van der Waals surface area contributed by atoms with E-state index in [1.165, 1.54) is 0 Å². The summed E-state index contributed by atoms with van der Waals surface area (Å²) in [7, 11) is 0. The van der Waals surface area contributed by atoms with Crippen molar-refractivity contribution in [3.8, 4) is 0 Å². The number of anilines is 1. The predicted octanol–water partition coefficient (Wildman–Crippen LogP) is 3.05. The second-order valence-corrected chi connectivity index (χ2v) is 6.16. The first-order chi connectivity index (χ1) is 12.7. The number of aryl methyl sites for hydroxylation is 1. The zero-order valence-corrected chi connectivity index (χ0v) is 14.4. The van der Waals surface area contributed by atoms with E-state index in [1.807, 2.05) is 48.5 Å². The lowest BCUT2D eigenvalue weighted by molar-refractivity contribution is -0.117. The van der Waals surface area contributed by atoms with E-state index in [2.05, 4.69) is 10.3 Å². The Balaban J connectivity index is 1.74. The maximum atomic E-state index is 12.7. The van der Waals surface area contributed by atoms with Gasteiger partial charge in [-0.05, 0) is 41.1 Å². The molecule has 1 amide bonds. The second-order valence-electron chi connectivity index (χ2n) is 6.16. The van der Waals surface area contributed by atoms with Crippen LogP contribution in [0.25, 0.3) is 10.8 Å². The van der Waals surface area contributed by atoms with Gasteiger partial charge in [0, 0.05) is 36.4 Å². The molecule has 1 atom stereocenters. The van der Waals surface area contributed by atoms with E-state index in [1.54, 1.807) is 12.4 Å². The fourth-order valence-electron chi connectivity index (χ4n) is 2.93. The molecule has 0 spiro atoms. The van der Waals surface area contributed by atoms with Crippen molar-refractivity contribution >= 4 is 28.7 Å². The molecule has 132 valence electrons. The topological polar surface area (TPSA) is 85.1 Å². The number of nitrogens with zero attached hydrogens (tertiary/aromatic N) is 1. The molecule has 1 aromatic heterocycles. The standard InChI is InChI=1S/C21H21N3O2/c22-13-20(16-5-3-15(4-6-16)2-1-11-25)21(26)24-19-8-7-18-14-23-10-9-17(18)12-19/h3-12,14,20H,1-2,13,22H2,(H,24,26)/t20-/m0/s1. The van der Waals surface area contributed by atoms with Crippen LogP contribution in [-0.2, 0) is 16.0 Å². The number of carbonyl (C=O) groups is 2. The van der Waals surface area contributed by atoms with Crippen LogP contribution in [0, 0.1) is 0 Å². The van der Waals surface area contributed by atoms with E-state index < -0.39 is 5.92 Å². The number of hydrogen-bond donors (Lipinski definition) is 2. The predicted molar refractivity (Wildman–Crippen MR) is 103 cm³/mol. The normalized spacial score (nSPS) is 11.9. The van der Waals surface area contributed by atoms with E-state index in [0.717, 1.165) is 33.9 Å². The molecule has 3 N–H and O–H groups in total. The molecular formula is C21H21N3O2. The Kier molecular flexibility index (Phi) is 5.71. The number of nitrogens with two attached hydrogens (primary N) is 1. The lowest BCUT2D eigenvalue weighted by atomic mass is 9.96. The summed E-state index contributed by atoms with van der Waals surface area (Å²) in [5.41, 5.74) is 8.52. The number of nitrogens with one attached hydrogen (secondary N) is 1. The zero-order valence-electron chi connectivity index (χ0n) is 14.4. The Labute approximate surface area is 152 Å². The SMILES string of the molecule is NC[C@H](C(=O)Nc1ccc2cnccc2c1)c1ccc(CCC=O)cc1. The van der Waals surface area contributed by atoms with Crippen LogP contribution in [0.2, 0.25) is 0 Å². The van der Waals surface area contributed by atoms with Gasteiger partial charge in [-0.1, -0.05) is 30.3 Å². The van der Waals surface area contributed by atoms with Crippen LogP contribution in [0.3, 0.4) is 0 Å². The third-order valence-corrected chi connectivity index (χ3v) is 4.39. The average molecular weight is 347 g/mol. The number of hydrogen-bond acceptors (Lipinski definition) is 4. The van der Waals surface area contributed by atoms with Crippen LogP contribution in [0.1, 0.15) is 23.5 Å². The molecule has 3 rings (SSSR count). The van der Waals surface area contributed by atoms with Crippen molar-refractivity contribution in [2.24, 2.45) is 5.73 Å². The fourth-order valence-corrected chi connectivity index (χ4v) is 2.93. The molecular weight excluding hydrogens is 326 g/mol. The number of rotatable bonds is 7. The van der Waals surface area contributed by atoms with Crippen LogP contribution in [0.5, 0.6) is 0 Å². The number of aromatic nitrogens is 1. The summed E-state index contributed by atoms with van der Waals surface area (Å²) in [6.45, 7) is 0.219. The van der Waals surface area contributed by atoms with E-state index in [0.29, 0.717) is 12.8 Å². The van der Waals surface area contributed by atoms with Gasteiger partial charge < -0.3 is 15.8 Å². The summed E-state index contributed by atoms with van der Waals surface area (Å²) in [6, 6.07) is 15.3. The van der Waals surface area contributed by atoms with Crippen molar-refractivity contribution in [3.05, 3.63) is 72.1 Å². The van der Waals surface area contributed by atoms with Crippen molar-refractivity contribution in [2.45, 2.75) is 18.8 Å². The van der Waals surface area contributed by atoms with E-state index in [-0.39, 0.29) is 12.5 Å². The molecule has 0 aliphatic rings. The van der Waals surface area contributed by atoms with Gasteiger partial charge in [-0.3, -0.25) is 9.78 Å². The van der Waals surface area contributed by atoms with Crippen LogP contribution in [0.4, 0.5) is 5.69 Å². The van der Waals surface area contributed by atoms with Crippen LogP contribution < -0.4 is 11.1 Å². The Hall–Kier alpha value is -3.05. The monoisotopic (exact) mass is 347 g/mol. The minimum atomic E-state index is -0.428. The van der Waals surface area contributed by atoms with Crippen molar-refractivity contribution in [2.75, 3.05) is 11.9 Å². The van der Waals surface area contributed by atoms with Gasteiger partial charge in [0.1, 0.15) is 6.29 Å². The van der Waals surface area contributed by atoms with E-state index >= 15 is 0 Å². The molecule has 0 aliphatic carbocycles. The van der Waals surface area contributed by atoms with Crippen LogP contribution >= 0.6 is 0 Å². The van der Waals surface area contributed by atoms with Gasteiger partial charge in [0.25, 0.3) is 0 Å². The van der Waals surface area contributed by atoms with E-state index in [9.17, 15) is 9.59 Å². The van der Waals surface area contributed by atoms with Gasteiger partial charge >= 0.3 is 0 Å². The zero-order chi connectivity index (χ0) is 18.4. The highest BCUT2D eigenvalue weighted by Crippen LogP contribution is 2.21. The fraction of sp³-hybridized carbons (Fsp3) is 0.190. The molecule has 3 aromatic rings. The first kappa shape index (κ1) is 17.8. The number of benzene rings is 2. The number of pyridine rings is 1. The maximum Gasteiger partial charge on any atom is 0.233 e. The number of fused-ring (bicyclic) bond motifs is 1. The van der Waals surface area contributed by atoms with Gasteiger partial charge in [0.2, 0.25) is 5.91 Å². The highest BCUT2D eigenvalue weighted by molar-refractivity contribution is 5.98. The molecule has 5 heteroatoms. The third-order valence-electron chi connectivity index (χ3n) is 4.39. The summed E-state index contributed by atoms with van der Waals surface area (Å²) in [4.78, 5) is 27.2. The second kappa shape index (κ2) is 8.36. The number of amides is 1. The molecule has 0 saturated carbocycles. The Morgan fingerprint density at radius 3 is 2.65 bits per heavy atom. The summed E-state index contributed by atoms with van der Waals surface area (Å²) in [5, 5.41) is 4.98. The molecule has 0 saturated heterocycles. The highest BCUT2D eigenvalue weighted by Gasteiger charge is 2.19. The maximum absolute atomic E-state index is 12.7. The summed E-state index contributed by atoms with van der Waals surface area (Å²) in [5.74, 6) is -0.565. The van der Waals surface area contributed by atoms with E-state index in [4.69, 9.17) is 5.73 Å². The Morgan fingerprint density at radius 2 is 1.92 bits per heavy atom. The molecule has 0 fully saturated rings. The van der Waals surface area contributed by atoms with Gasteiger partial charge in [-0.2, -0.15) is 0 Å². The van der Waals surface area contributed by atoms with Crippen molar-refractivity contribution < 1.29 is 9.59 Å². The lowest BCUT2D eigenvalue weighted by Crippen LogP contribution is -2.27. The molecule has 0 bridgehead atoms. The molecule has 0 aliphatic heterocycles. The van der Waals surface area contributed by atoms with Crippen LogP contribution in [0.15, 0.2) is 60.9 Å². The largest absolute Gasteiger partial charge is 0.329 e. The van der Waals surface area contributed by atoms with Crippen LogP contribution in [-0.4, -0.2) is 23.7 Å². The number of carbonyl (C=O) groups excluding carboxylic acids is 2. The van der Waals surface area contributed by atoms with Gasteiger partial charge in [0.15, 0.2) is 0 Å². The Morgan fingerprint density at radius 1 is 1.12 bits per heavy atom. The highest BCUT2D eigenvalue weighted by atomic mass is 16.1. The summed E-state index contributed by atoms with van der Waals surface area (Å²) >= 11 is 0. The quantitative estimate of drug-likeness (QED) is 0.643. The van der Waals surface area contributed by atoms with Crippen molar-refractivity contribution in [1.82, 2.24) is 4.98 Å². The van der Waals surface area contributed by atoms with Crippen molar-refractivity contribution in [1.29, 1.82) is 0 Å². The molecule has 1 heterocycles. The summed E-state index contributed by atoms with van der Waals surface area (Å²) in [6.07, 6.45) is 5.62. The molecule has 0 radical (unpaired) electrons. The first-order valence-corrected chi connectivity index (χ1v) is 8.58. The Bertz CT molecular complexity index is 907. The van der Waals surface area contributed by atoms with Crippen molar-refractivity contribution in [3.63, 3.8) is 0 Å². The number of aldehydes is 1. The minimum Gasteiger partial charge on any atom is -0.329 e. The molecule has 26 heavy (non-hydrogen) atoms. The minimum absolute atomic E-state index is 0.137. The smallest absolute Gasteiger partial charge is 0.233 e. The average Bonchev–Trinajstić information content (AvgIpc) is 2.68. The molecule has 2 aromatic carbocycles.